The molecule has 0 saturated heterocycles. The van der Waals surface area contributed by atoms with Crippen LogP contribution in [0.15, 0.2) is 51.4 Å². The zero-order valence-electron chi connectivity index (χ0n) is 16.0. The maximum absolute atomic E-state index is 12.4. The minimum absolute atomic E-state index is 0.211. The number of thiazole rings is 1. The van der Waals surface area contributed by atoms with Crippen LogP contribution in [0.3, 0.4) is 0 Å². The first-order valence-electron chi connectivity index (χ1n) is 9.25. The molecule has 7 nitrogen and oxygen atoms in total. The molecule has 30 heavy (non-hydrogen) atoms. The summed E-state index contributed by atoms with van der Waals surface area (Å²) in [5.41, 5.74) is 4.10. The monoisotopic (exact) mass is 439 g/mol. The van der Waals surface area contributed by atoms with Crippen LogP contribution in [0.25, 0.3) is 11.1 Å². The number of nitrogens with zero attached hydrogens (tertiary/aromatic N) is 2. The number of thioether (sulfide) groups is 1. The highest BCUT2D eigenvalue weighted by molar-refractivity contribution is 7.98. The first kappa shape index (κ1) is 19.0. The van der Waals surface area contributed by atoms with Gasteiger partial charge in [0.05, 0.1) is 5.75 Å². The molecule has 0 aliphatic carbocycles. The summed E-state index contributed by atoms with van der Waals surface area (Å²) in [5.74, 6) is 1.80. The number of amides is 1. The van der Waals surface area contributed by atoms with E-state index >= 15 is 0 Å². The first-order valence-corrected chi connectivity index (χ1v) is 11.1. The van der Waals surface area contributed by atoms with E-state index in [0.717, 1.165) is 33.0 Å². The summed E-state index contributed by atoms with van der Waals surface area (Å²) in [6.45, 7) is 2.64. The number of aromatic nitrogens is 2. The number of benzene rings is 2. The number of fused-ring (bicyclic) bond motifs is 2. The molecule has 1 aliphatic heterocycles. The van der Waals surface area contributed by atoms with E-state index in [2.05, 4.69) is 15.3 Å². The molecule has 0 radical (unpaired) electrons. The number of rotatable bonds is 6. The van der Waals surface area contributed by atoms with E-state index < -0.39 is 0 Å². The summed E-state index contributed by atoms with van der Waals surface area (Å²) in [6.07, 6.45) is 0. The van der Waals surface area contributed by atoms with Gasteiger partial charge in [-0.3, -0.25) is 4.79 Å². The van der Waals surface area contributed by atoms with Gasteiger partial charge in [-0.25, -0.2) is 9.97 Å². The van der Waals surface area contributed by atoms with E-state index in [1.807, 2.05) is 43.3 Å². The maximum atomic E-state index is 12.4. The van der Waals surface area contributed by atoms with Crippen LogP contribution in [-0.4, -0.2) is 22.7 Å². The molecule has 0 atom stereocenters. The Bertz CT molecular complexity index is 1230. The predicted molar refractivity (Wildman–Crippen MR) is 114 cm³/mol. The van der Waals surface area contributed by atoms with Gasteiger partial charge >= 0.3 is 0 Å². The van der Waals surface area contributed by atoms with Gasteiger partial charge in [0, 0.05) is 11.9 Å². The Morgan fingerprint density at radius 2 is 2.07 bits per heavy atom. The van der Waals surface area contributed by atoms with Crippen molar-refractivity contribution in [1.29, 1.82) is 0 Å². The summed E-state index contributed by atoms with van der Waals surface area (Å²) in [6, 6.07) is 11.5. The lowest BCUT2D eigenvalue weighted by Gasteiger charge is -2.04. The largest absolute Gasteiger partial charge is 0.454 e. The van der Waals surface area contributed by atoms with Crippen LogP contribution in [-0.2, 0) is 12.3 Å². The molecule has 9 heteroatoms. The van der Waals surface area contributed by atoms with Gasteiger partial charge in [0.25, 0.3) is 11.1 Å². The van der Waals surface area contributed by atoms with Gasteiger partial charge in [0.2, 0.25) is 6.79 Å². The fourth-order valence-electron chi connectivity index (χ4n) is 3.01. The quantitative estimate of drug-likeness (QED) is 0.441. The Hall–Kier alpha value is -3.04. The van der Waals surface area contributed by atoms with Crippen LogP contribution in [0, 0.1) is 6.92 Å². The van der Waals surface area contributed by atoms with Gasteiger partial charge < -0.3 is 19.2 Å². The number of oxazole rings is 1. The standard InChI is InChI=1S/C21H17N3O4S2/c1-12-2-4-16-14(6-12)24-21(28-16)30-10-19-23-15(9-29-19)20(25)22-8-13-3-5-17-18(7-13)27-11-26-17/h2-7,9H,8,10-11H2,1H3,(H,22,25). The molecule has 0 saturated carbocycles. The van der Waals surface area contributed by atoms with E-state index in [-0.39, 0.29) is 12.7 Å². The number of hydrogen-bond donors (Lipinski definition) is 1. The lowest BCUT2D eigenvalue weighted by atomic mass is 10.2. The Kier molecular flexibility index (Phi) is 5.06. The minimum atomic E-state index is -0.211. The summed E-state index contributed by atoms with van der Waals surface area (Å²) in [7, 11) is 0. The van der Waals surface area contributed by atoms with Crippen LogP contribution in [0.5, 0.6) is 11.5 Å². The maximum Gasteiger partial charge on any atom is 0.271 e. The summed E-state index contributed by atoms with van der Waals surface area (Å²) in [4.78, 5) is 21.4. The summed E-state index contributed by atoms with van der Waals surface area (Å²) >= 11 is 2.91. The van der Waals surface area contributed by atoms with Gasteiger partial charge in [0.15, 0.2) is 17.1 Å². The van der Waals surface area contributed by atoms with Crippen LogP contribution < -0.4 is 14.8 Å². The van der Waals surface area contributed by atoms with Gasteiger partial charge in [-0.15, -0.1) is 11.3 Å². The Labute approximate surface area is 180 Å². The molecule has 3 heterocycles. The Morgan fingerprint density at radius 3 is 3.00 bits per heavy atom. The second kappa shape index (κ2) is 8.00. The van der Waals surface area contributed by atoms with E-state index in [9.17, 15) is 4.79 Å². The average Bonchev–Trinajstić information content (AvgIpc) is 3.48. The zero-order valence-corrected chi connectivity index (χ0v) is 17.6. The van der Waals surface area contributed by atoms with Crippen LogP contribution >= 0.6 is 23.1 Å². The van der Waals surface area contributed by atoms with Gasteiger partial charge in [-0.05, 0) is 42.3 Å². The zero-order chi connectivity index (χ0) is 20.5. The van der Waals surface area contributed by atoms with Crippen LogP contribution in [0.1, 0.15) is 26.6 Å². The molecule has 1 N–H and O–H groups in total. The number of nitrogens with one attached hydrogen (secondary N) is 1. The lowest BCUT2D eigenvalue weighted by Crippen LogP contribution is -2.23. The predicted octanol–water partition coefficient (Wildman–Crippen LogP) is 4.54. The van der Waals surface area contributed by atoms with E-state index in [4.69, 9.17) is 13.9 Å². The van der Waals surface area contributed by atoms with Crippen molar-refractivity contribution in [2.75, 3.05) is 6.79 Å². The van der Waals surface area contributed by atoms with Crippen molar-refractivity contribution in [2.45, 2.75) is 24.4 Å². The third kappa shape index (κ3) is 3.99. The lowest BCUT2D eigenvalue weighted by molar-refractivity contribution is 0.0946. The SMILES string of the molecule is Cc1ccc2oc(SCc3nc(C(=O)NCc4ccc5c(c4)OCO5)cs3)nc2c1. The molecule has 0 unspecified atom stereocenters. The highest BCUT2D eigenvalue weighted by atomic mass is 32.2. The van der Waals surface area contributed by atoms with Crippen molar-refractivity contribution in [2.24, 2.45) is 0 Å². The molecule has 152 valence electrons. The fraction of sp³-hybridized carbons (Fsp3) is 0.190. The number of carbonyl (C=O) groups excluding carboxylic acids is 1. The number of aryl methyl sites for hydroxylation is 1. The molecule has 1 amide bonds. The minimum Gasteiger partial charge on any atom is -0.454 e. The highest BCUT2D eigenvalue weighted by Crippen LogP contribution is 2.32. The van der Waals surface area contributed by atoms with Gasteiger partial charge in [0.1, 0.15) is 16.2 Å². The average molecular weight is 440 g/mol. The van der Waals surface area contributed by atoms with Crippen LogP contribution in [0.2, 0.25) is 0 Å². The summed E-state index contributed by atoms with van der Waals surface area (Å²) < 4.78 is 16.4. The van der Waals surface area contributed by atoms with Crippen molar-refractivity contribution in [3.63, 3.8) is 0 Å². The smallest absolute Gasteiger partial charge is 0.271 e. The molecule has 5 rings (SSSR count). The number of carbonyl (C=O) groups is 1. The van der Waals surface area contributed by atoms with Crippen molar-refractivity contribution < 1.29 is 18.7 Å². The van der Waals surface area contributed by atoms with Gasteiger partial charge in [-0.1, -0.05) is 23.9 Å². The van der Waals surface area contributed by atoms with E-state index in [1.54, 1.807) is 5.38 Å². The normalized spacial score (nSPS) is 12.4. The fourth-order valence-corrected chi connectivity index (χ4v) is 4.64. The first-order chi connectivity index (χ1) is 14.6. The number of ether oxygens (including phenoxy) is 2. The van der Waals surface area contributed by atoms with Crippen molar-refractivity contribution >= 4 is 40.1 Å². The van der Waals surface area contributed by atoms with Crippen LogP contribution in [0.4, 0.5) is 0 Å². The molecule has 1 aliphatic rings. The summed E-state index contributed by atoms with van der Waals surface area (Å²) in [5, 5.41) is 6.09. The topological polar surface area (TPSA) is 86.5 Å². The molecule has 0 spiro atoms. The third-order valence-corrected chi connectivity index (χ3v) is 6.39. The number of hydrogen-bond acceptors (Lipinski definition) is 8. The second-order valence-electron chi connectivity index (χ2n) is 6.74. The Balaban J connectivity index is 1.17. The molecule has 0 bridgehead atoms. The Morgan fingerprint density at radius 1 is 1.17 bits per heavy atom. The van der Waals surface area contributed by atoms with E-state index in [1.165, 1.54) is 23.1 Å². The van der Waals surface area contributed by atoms with E-state index in [0.29, 0.717) is 29.0 Å². The van der Waals surface area contributed by atoms with Crippen molar-refractivity contribution in [1.82, 2.24) is 15.3 Å². The molecular weight excluding hydrogens is 422 g/mol. The molecule has 4 aromatic rings. The van der Waals surface area contributed by atoms with Crippen molar-refractivity contribution in [3.8, 4) is 11.5 Å². The van der Waals surface area contributed by atoms with Crippen molar-refractivity contribution in [3.05, 3.63) is 63.6 Å². The van der Waals surface area contributed by atoms with Gasteiger partial charge in [-0.2, -0.15) is 0 Å². The molecular formula is C21H17N3O4S2. The highest BCUT2D eigenvalue weighted by Gasteiger charge is 2.15. The molecule has 2 aromatic carbocycles. The molecule has 2 aromatic heterocycles. The molecule has 0 fully saturated rings. The second-order valence-corrected chi connectivity index (χ2v) is 8.61. The third-order valence-electron chi connectivity index (χ3n) is 4.52.